The molecule has 3 rings (SSSR count). The van der Waals surface area contributed by atoms with E-state index >= 15 is 0 Å². The molecular weight excluding hydrogens is 443 g/mol. The van der Waals surface area contributed by atoms with E-state index in [4.69, 9.17) is 34.8 Å². The quantitative estimate of drug-likeness (QED) is 0.621. The van der Waals surface area contributed by atoms with Crippen molar-refractivity contribution in [2.45, 2.75) is 31.1 Å². The molecule has 9 heteroatoms. The highest BCUT2D eigenvalue weighted by atomic mass is 35.5. The Balaban J connectivity index is 1.91. The molecule has 0 aromatic heterocycles. The van der Waals surface area contributed by atoms with E-state index in [1.165, 1.54) is 28.6 Å². The number of sulfonamides is 1. The van der Waals surface area contributed by atoms with Gasteiger partial charge in [0.2, 0.25) is 10.0 Å². The van der Waals surface area contributed by atoms with Crippen LogP contribution in [0.3, 0.4) is 0 Å². The molecule has 0 radical (unpaired) electrons. The first-order valence-corrected chi connectivity index (χ1v) is 11.3. The second-order valence-corrected chi connectivity index (χ2v) is 9.80. The topological polar surface area (TPSA) is 66.5 Å². The standard InChI is InChI=1S/C19H19Cl3N2O3S/c1-12-5-6-13(28(26,27)24-7-3-2-4-8-24)9-14(12)19(25)23-18-11-16(21)15(20)10-17(18)22/h5-6,9-11H,2-4,7-8H2,1H3,(H,23,25). The van der Waals surface area contributed by atoms with Crippen LogP contribution in [-0.2, 0) is 10.0 Å². The number of piperidine rings is 1. The number of rotatable bonds is 4. The monoisotopic (exact) mass is 460 g/mol. The Labute approximate surface area is 179 Å². The minimum Gasteiger partial charge on any atom is -0.321 e. The van der Waals surface area contributed by atoms with E-state index in [-0.39, 0.29) is 25.5 Å². The van der Waals surface area contributed by atoms with E-state index in [9.17, 15) is 13.2 Å². The SMILES string of the molecule is Cc1ccc(S(=O)(=O)N2CCCCC2)cc1C(=O)Nc1cc(Cl)c(Cl)cc1Cl. The maximum absolute atomic E-state index is 12.9. The van der Waals surface area contributed by atoms with Crippen molar-refractivity contribution in [2.75, 3.05) is 18.4 Å². The van der Waals surface area contributed by atoms with E-state index in [2.05, 4.69) is 5.32 Å². The molecule has 1 heterocycles. The van der Waals surface area contributed by atoms with Gasteiger partial charge < -0.3 is 5.32 Å². The van der Waals surface area contributed by atoms with Gasteiger partial charge in [-0.3, -0.25) is 4.79 Å². The van der Waals surface area contributed by atoms with E-state index in [1.54, 1.807) is 13.0 Å². The zero-order chi connectivity index (χ0) is 20.5. The number of benzene rings is 2. The Bertz CT molecular complexity index is 1020. The highest BCUT2D eigenvalue weighted by Crippen LogP contribution is 2.33. The largest absolute Gasteiger partial charge is 0.321 e. The number of aryl methyl sites for hydroxylation is 1. The lowest BCUT2D eigenvalue weighted by Gasteiger charge is -2.26. The highest BCUT2D eigenvalue weighted by molar-refractivity contribution is 7.89. The first-order chi connectivity index (χ1) is 13.2. The number of nitrogens with one attached hydrogen (secondary N) is 1. The van der Waals surface area contributed by atoms with Crippen molar-refractivity contribution in [2.24, 2.45) is 0 Å². The molecule has 1 aliphatic rings. The number of hydrogen-bond acceptors (Lipinski definition) is 3. The first-order valence-electron chi connectivity index (χ1n) is 8.77. The molecule has 5 nitrogen and oxygen atoms in total. The van der Waals surface area contributed by atoms with Crippen molar-refractivity contribution in [1.29, 1.82) is 0 Å². The Morgan fingerprint density at radius 2 is 1.61 bits per heavy atom. The van der Waals surface area contributed by atoms with Crippen LogP contribution >= 0.6 is 34.8 Å². The summed E-state index contributed by atoms with van der Waals surface area (Å²) >= 11 is 18.0. The molecule has 0 bridgehead atoms. The van der Waals surface area contributed by atoms with Crippen LogP contribution in [0.25, 0.3) is 0 Å². The number of carbonyl (C=O) groups excluding carboxylic acids is 1. The summed E-state index contributed by atoms with van der Waals surface area (Å²) in [6.45, 7) is 2.73. The van der Waals surface area contributed by atoms with Gasteiger partial charge in [-0.15, -0.1) is 0 Å². The molecule has 1 N–H and O–H groups in total. The molecule has 0 spiro atoms. The van der Waals surface area contributed by atoms with Crippen molar-refractivity contribution in [3.63, 3.8) is 0 Å². The Kier molecular flexibility index (Phi) is 6.57. The fraction of sp³-hybridized carbons (Fsp3) is 0.316. The first kappa shape index (κ1) is 21.4. The lowest BCUT2D eigenvalue weighted by Crippen LogP contribution is -2.35. The summed E-state index contributed by atoms with van der Waals surface area (Å²) in [6.07, 6.45) is 2.71. The number of nitrogens with zero attached hydrogens (tertiary/aromatic N) is 1. The second kappa shape index (κ2) is 8.59. The Morgan fingerprint density at radius 3 is 2.29 bits per heavy atom. The Morgan fingerprint density at radius 1 is 0.964 bits per heavy atom. The number of anilines is 1. The highest BCUT2D eigenvalue weighted by Gasteiger charge is 2.27. The van der Waals surface area contributed by atoms with Crippen LogP contribution in [0.4, 0.5) is 5.69 Å². The number of carbonyl (C=O) groups is 1. The van der Waals surface area contributed by atoms with Crippen LogP contribution in [0.1, 0.15) is 35.2 Å². The maximum atomic E-state index is 12.9. The molecule has 150 valence electrons. The molecule has 0 atom stereocenters. The molecule has 1 amide bonds. The summed E-state index contributed by atoms with van der Waals surface area (Å²) < 4.78 is 27.3. The second-order valence-electron chi connectivity index (χ2n) is 6.64. The zero-order valence-corrected chi connectivity index (χ0v) is 18.2. The third-order valence-electron chi connectivity index (χ3n) is 4.66. The average molecular weight is 462 g/mol. The molecule has 2 aromatic carbocycles. The lowest BCUT2D eigenvalue weighted by atomic mass is 10.1. The predicted octanol–water partition coefficient (Wildman–Crippen LogP) is 5.38. The summed E-state index contributed by atoms with van der Waals surface area (Å²) in [5.41, 5.74) is 1.19. The molecule has 0 unspecified atom stereocenters. The van der Waals surface area contributed by atoms with Crippen molar-refractivity contribution in [3.05, 3.63) is 56.5 Å². The van der Waals surface area contributed by atoms with Crippen LogP contribution < -0.4 is 5.32 Å². The average Bonchev–Trinajstić information content (AvgIpc) is 2.67. The fourth-order valence-corrected chi connectivity index (χ4v) is 5.21. The minimum absolute atomic E-state index is 0.102. The van der Waals surface area contributed by atoms with Gasteiger partial charge in [-0.1, -0.05) is 47.3 Å². The van der Waals surface area contributed by atoms with Gasteiger partial charge in [0.15, 0.2) is 0 Å². The van der Waals surface area contributed by atoms with Gasteiger partial charge in [-0.05, 0) is 49.6 Å². The molecule has 28 heavy (non-hydrogen) atoms. The number of halogens is 3. The summed E-state index contributed by atoms with van der Waals surface area (Å²) in [6, 6.07) is 7.45. The van der Waals surface area contributed by atoms with Crippen molar-refractivity contribution in [3.8, 4) is 0 Å². The maximum Gasteiger partial charge on any atom is 0.256 e. The molecule has 1 aliphatic heterocycles. The van der Waals surface area contributed by atoms with Gasteiger partial charge in [-0.2, -0.15) is 4.31 Å². The third-order valence-corrected chi connectivity index (χ3v) is 7.59. The number of amides is 1. The zero-order valence-electron chi connectivity index (χ0n) is 15.1. The fourth-order valence-electron chi connectivity index (χ4n) is 3.07. The normalized spacial score (nSPS) is 15.4. The van der Waals surface area contributed by atoms with Crippen molar-refractivity contribution >= 4 is 56.4 Å². The lowest BCUT2D eigenvalue weighted by molar-refractivity contribution is 0.102. The van der Waals surface area contributed by atoms with Gasteiger partial charge >= 0.3 is 0 Å². The molecule has 1 fully saturated rings. The molecular formula is C19H19Cl3N2O3S. The van der Waals surface area contributed by atoms with Gasteiger partial charge in [0.25, 0.3) is 5.91 Å². The van der Waals surface area contributed by atoms with E-state index in [1.807, 2.05) is 0 Å². The van der Waals surface area contributed by atoms with Gasteiger partial charge in [0, 0.05) is 18.7 Å². The van der Waals surface area contributed by atoms with E-state index in [0.29, 0.717) is 24.3 Å². The summed E-state index contributed by atoms with van der Waals surface area (Å²) in [4.78, 5) is 12.9. The summed E-state index contributed by atoms with van der Waals surface area (Å²) in [5, 5.41) is 3.43. The smallest absolute Gasteiger partial charge is 0.256 e. The van der Waals surface area contributed by atoms with E-state index < -0.39 is 15.9 Å². The number of hydrogen-bond donors (Lipinski definition) is 1. The van der Waals surface area contributed by atoms with Crippen LogP contribution in [0.15, 0.2) is 35.2 Å². The predicted molar refractivity (Wildman–Crippen MR) is 113 cm³/mol. The Hall–Kier alpha value is -1.31. The van der Waals surface area contributed by atoms with Gasteiger partial charge in [0.1, 0.15) is 0 Å². The molecule has 2 aromatic rings. The summed E-state index contributed by atoms with van der Waals surface area (Å²) in [7, 11) is -3.64. The molecule has 0 aliphatic carbocycles. The van der Waals surface area contributed by atoms with Crippen LogP contribution in [0.2, 0.25) is 15.1 Å². The molecule has 0 saturated carbocycles. The van der Waals surface area contributed by atoms with Gasteiger partial charge in [-0.25, -0.2) is 8.42 Å². The third kappa shape index (κ3) is 4.47. The van der Waals surface area contributed by atoms with Crippen molar-refractivity contribution < 1.29 is 13.2 Å². The van der Waals surface area contributed by atoms with Crippen LogP contribution in [0, 0.1) is 6.92 Å². The van der Waals surface area contributed by atoms with Crippen LogP contribution in [0.5, 0.6) is 0 Å². The van der Waals surface area contributed by atoms with Crippen molar-refractivity contribution in [1.82, 2.24) is 4.31 Å². The van der Waals surface area contributed by atoms with Crippen LogP contribution in [-0.4, -0.2) is 31.7 Å². The summed E-state index contributed by atoms with van der Waals surface area (Å²) in [5.74, 6) is -0.478. The van der Waals surface area contributed by atoms with E-state index in [0.717, 1.165) is 19.3 Å². The van der Waals surface area contributed by atoms with Gasteiger partial charge in [0.05, 0.1) is 25.7 Å². The minimum atomic E-state index is -3.64. The molecule has 1 saturated heterocycles.